The highest BCUT2D eigenvalue weighted by Gasteiger charge is 2.29. The Morgan fingerprint density at radius 1 is 1.64 bits per heavy atom. The van der Waals surface area contributed by atoms with E-state index < -0.39 is 0 Å². The number of nitrogens with zero attached hydrogens (tertiary/aromatic N) is 1. The number of hydrogen-bond donors (Lipinski definition) is 2. The maximum Gasteiger partial charge on any atom is 0.239 e. The summed E-state index contributed by atoms with van der Waals surface area (Å²) in [4.78, 5) is 13.4. The molecule has 1 rings (SSSR count). The Morgan fingerprint density at radius 3 is 2.86 bits per heavy atom. The summed E-state index contributed by atoms with van der Waals surface area (Å²) in [5, 5.41) is 9.11. The molecule has 0 saturated carbocycles. The number of piperidine rings is 1. The third kappa shape index (κ3) is 2.69. The summed E-state index contributed by atoms with van der Waals surface area (Å²) < 4.78 is 0. The van der Waals surface area contributed by atoms with Gasteiger partial charge in [0, 0.05) is 25.1 Å². The van der Waals surface area contributed by atoms with Crippen LogP contribution in [0.1, 0.15) is 26.7 Å². The van der Waals surface area contributed by atoms with E-state index in [-0.39, 0.29) is 24.0 Å². The molecule has 1 heterocycles. The van der Waals surface area contributed by atoms with Gasteiger partial charge in [0.15, 0.2) is 0 Å². The second kappa shape index (κ2) is 4.28. The third-order valence-electron chi connectivity index (χ3n) is 2.62. The standard InChI is InChI=1S/C10H20N2O2/c1-10(2,7-13)6-12-5-3-4-8(11)9(12)14/h8,13H,3-7,11H2,1-2H3. The molecule has 1 aliphatic rings. The fourth-order valence-corrected chi connectivity index (χ4v) is 1.69. The molecule has 1 amide bonds. The zero-order valence-corrected chi connectivity index (χ0v) is 8.99. The highest BCUT2D eigenvalue weighted by atomic mass is 16.3. The van der Waals surface area contributed by atoms with Crippen molar-refractivity contribution in [3.8, 4) is 0 Å². The molecule has 1 atom stereocenters. The minimum atomic E-state index is -0.335. The lowest BCUT2D eigenvalue weighted by molar-refractivity contribution is -0.136. The Kier molecular flexibility index (Phi) is 3.50. The Hall–Kier alpha value is -0.610. The van der Waals surface area contributed by atoms with Crippen LogP contribution in [0.4, 0.5) is 0 Å². The van der Waals surface area contributed by atoms with Crippen LogP contribution in [0, 0.1) is 5.41 Å². The molecule has 0 aromatic carbocycles. The van der Waals surface area contributed by atoms with E-state index in [0.29, 0.717) is 6.54 Å². The second-order valence-corrected chi connectivity index (χ2v) is 4.83. The summed E-state index contributed by atoms with van der Waals surface area (Å²) >= 11 is 0. The van der Waals surface area contributed by atoms with Gasteiger partial charge in [-0.2, -0.15) is 0 Å². The zero-order chi connectivity index (χ0) is 10.8. The summed E-state index contributed by atoms with van der Waals surface area (Å²) in [7, 11) is 0. The molecular weight excluding hydrogens is 180 g/mol. The average Bonchev–Trinajstić information content (AvgIpc) is 2.13. The van der Waals surface area contributed by atoms with Crippen molar-refractivity contribution >= 4 is 5.91 Å². The SMILES string of the molecule is CC(C)(CO)CN1CCCC(N)C1=O. The number of nitrogens with two attached hydrogens (primary N) is 1. The first-order valence-corrected chi connectivity index (χ1v) is 5.11. The van der Waals surface area contributed by atoms with E-state index >= 15 is 0 Å². The van der Waals surface area contributed by atoms with Crippen LogP contribution in [0.2, 0.25) is 0 Å². The highest BCUT2D eigenvalue weighted by molar-refractivity contribution is 5.82. The van der Waals surface area contributed by atoms with Gasteiger partial charge in [-0.15, -0.1) is 0 Å². The van der Waals surface area contributed by atoms with Crippen molar-refractivity contribution in [3.05, 3.63) is 0 Å². The molecule has 1 saturated heterocycles. The lowest BCUT2D eigenvalue weighted by Crippen LogP contribution is -2.51. The molecule has 4 heteroatoms. The van der Waals surface area contributed by atoms with E-state index in [2.05, 4.69) is 0 Å². The van der Waals surface area contributed by atoms with Gasteiger partial charge in [-0.25, -0.2) is 0 Å². The molecule has 1 aliphatic heterocycles. The first kappa shape index (κ1) is 11.5. The molecule has 1 fully saturated rings. The molecule has 82 valence electrons. The Bertz CT molecular complexity index is 216. The number of likely N-dealkylation sites (tertiary alicyclic amines) is 1. The van der Waals surface area contributed by atoms with E-state index in [1.54, 1.807) is 4.90 Å². The summed E-state index contributed by atoms with van der Waals surface area (Å²) in [6.45, 7) is 5.35. The van der Waals surface area contributed by atoms with Gasteiger partial charge in [0.2, 0.25) is 5.91 Å². The lowest BCUT2D eigenvalue weighted by Gasteiger charge is -2.36. The molecule has 0 aromatic heterocycles. The zero-order valence-electron chi connectivity index (χ0n) is 8.99. The predicted molar refractivity (Wildman–Crippen MR) is 54.7 cm³/mol. The summed E-state index contributed by atoms with van der Waals surface area (Å²) in [6, 6.07) is -0.335. The Balaban J connectivity index is 2.55. The first-order chi connectivity index (χ1) is 6.46. The van der Waals surface area contributed by atoms with Gasteiger partial charge in [0.25, 0.3) is 0 Å². The number of aliphatic hydroxyl groups is 1. The van der Waals surface area contributed by atoms with E-state index in [1.165, 1.54) is 0 Å². The molecule has 0 spiro atoms. The maximum atomic E-state index is 11.6. The van der Waals surface area contributed by atoms with Crippen molar-refractivity contribution < 1.29 is 9.90 Å². The van der Waals surface area contributed by atoms with Crippen molar-refractivity contribution in [3.63, 3.8) is 0 Å². The summed E-state index contributed by atoms with van der Waals surface area (Å²) in [5.41, 5.74) is 5.45. The van der Waals surface area contributed by atoms with Gasteiger partial charge in [0.1, 0.15) is 0 Å². The van der Waals surface area contributed by atoms with Crippen LogP contribution in [0.5, 0.6) is 0 Å². The van der Waals surface area contributed by atoms with Gasteiger partial charge in [-0.1, -0.05) is 13.8 Å². The number of hydrogen-bond acceptors (Lipinski definition) is 3. The monoisotopic (exact) mass is 200 g/mol. The predicted octanol–water partition coefficient (Wildman–Crippen LogP) is -0.0454. The average molecular weight is 200 g/mol. The van der Waals surface area contributed by atoms with Crippen LogP contribution in [0.15, 0.2) is 0 Å². The molecule has 0 radical (unpaired) electrons. The fraction of sp³-hybridized carbons (Fsp3) is 0.900. The molecular formula is C10H20N2O2. The number of aliphatic hydroxyl groups excluding tert-OH is 1. The Labute approximate surface area is 85.1 Å². The minimum absolute atomic E-state index is 0.0257. The molecule has 3 N–H and O–H groups in total. The van der Waals surface area contributed by atoms with E-state index in [0.717, 1.165) is 19.4 Å². The van der Waals surface area contributed by atoms with E-state index in [1.807, 2.05) is 13.8 Å². The maximum absolute atomic E-state index is 11.6. The van der Waals surface area contributed by atoms with Crippen LogP contribution < -0.4 is 5.73 Å². The lowest BCUT2D eigenvalue weighted by atomic mass is 9.92. The van der Waals surface area contributed by atoms with Crippen LogP contribution in [0.3, 0.4) is 0 Å². The van der Waals surface area contributed by atoms with Crippen LogP contribution in [-0.4, -0.2) is 41.7 Å². The number of carbonyl (C=O) groups is 1. The number of rotatable bonds is 3. The van der Waals surface area contributed by atoms with Crippen molar-refractivity contribution in [2.24, 2.45) is 11.1 Å². The van der Waals surface area contributed by atoms with Gasteiger partial charge in [-0.05, 0) is 12.8 Å². The smallest absolute Gasteiger partial charge is 0.239 e. The molecule has 1 unspecified atom stereocenters. The number of carbonyl (C=O) groups excluding carboxylic acids is 1. The molecule has 0 bridgehead atoms. The summed E-state index contributed by atoms with van der Waals surface area (Å²) in [6.07, 6.45) is 1.75. The van der Waals surface area contributed by atoms with Gasteiger partial charge >= 0.3 is 0 Å². The summed E-state index contributed by atoms with van der Waals surface area (Å²) in [5.74, 6) is 0.0257. The topological polar surface area (TPSA) is 66.6 Å². The van der Waals surface area contributed by atoms with Crippen molar-refractivity contribution in [1.29, 1.82) is 0 Å². The molecule has 0 aromatic rings. The number of amides is 1. The van der Waals surface area contributed by atoms with Gasteiger partial charge in [0.05, 0.1) is 6.04 Å². The van der Waals surface area contributed by atoms with Crippen LogP contribution in [-0.2, 0) is 4.79 Å². The van der Waals surface area contributed by atoms with Crippen LogP contribution in [0.25, 0.3) is 0 Å². The van der Waals surface area contributed by atoms with E-state index in [4.69, 9.17) is 10.8 Å². The first-order valence-electron chi connectivity index (χ1n) is 5.11. The largest absolute Gasteiger partial charge is 0.396 e. The van der Waals surface area contributed by atoms with Crippen molar-refractivity contribution in [1.82, 2.24) is 4.90 Å². The quantitative estimate of drug-likeness (QED) is 0.671. The highest BCUT2D eigenvalue weighted by Crippen LogP contribution is 2.19. The van der Waals surface area contributed by atoms with Gasteiger partial charge in [-0.3, -0.25) is 4.79 Å². The fourth-order valence-electron chi connectivity index (χ4n) is 1.69. The normalized spacial score (nSPS) is 24.1. The Morgan fingerprint density at radius 2 is 2.29 bits per heavy atom. The minimum Gasteiger partial charge on any atom is -0.396 e. The van der Waals surface area contributed by atoms with Gasteiger partial charge < -0.3 is 15.7 Å². The second-order valence-electron chi connectivity index (χ2n) is 4.83. The van der Waals surface area contributed by atoms with E-state index in [9.17, 15) is 4.79 Å². The van der Waals surface area contributed by atoms with Crippen molar-refractivity contribution in [2.75, 3.05) is 19.7 Å². The molecule has 0 aliphatic carbocycles. The van der Waals surface area contributed by atoms with Crippen molar-refractivity contribution in [2.45, 2.75) is 32.7 Å². The molecule has 4 nitrogen and oxygen atoms in total. The van der Waals surface area contributed by atoms with Crippen LogP contribution >= 0.6 is 0 Å². The third-order valence-corrected chi connectivity index (χ3v) is 2.62. The molecule has 14 heavy (non-hydrogen) atoms.